The number of carbonyl (C=O) groups is 1. The van der Waals surface area contributed by atoms with Gasteiger partial charge in [0.05, 0.1) is 6.61 Å². The second-order valence-corrected chi connectivity index (χ2v) is 4.64. The molecule has 0 amide bonds. The van der Waals surface area contributed by atoms with Gasteiger partial charge in [-0.3, -0.25) is 5.10 Å². The van der Waals surface area contributed by atoms with Crippen LogP contribution in [0.3, 0.4) is 0 Å². The predicted molar refractivity (Wildman–Crippen MR) is 70.5 cm³/mol. The molecule has 1 heterocycles. The molecule has 7 heteroatoms. The Kier molecular flexibility index (Phi) is 3.98. The molecule has 2 rings (SSSR count). The Bertz CT molecular complexity index is 585. The third-order valence-electron chi connectivity index (χ3n) is 2.12. The van der Waals surface area contributed by atoms with E-state index in [2.05, 4.69) is 31.1 Å². The van der Waals surface area contributed by atoms with Gasteiger partial charge < -0.3 is 4.74 Å². The second kappa shape index (κ2) is 5.49. The van der Waals surface area contributed by atoms with Crippen LogP contribution in [0.15, 0.2) is 22.7 Å². The van der Waals surface area contributed by atoms with E-state index in [9.17, 15) is 4.79 Å². The number of aromatic nitrogens is 3. The van der Waals surface area contributed by atoms with Crippen molar-refractivity contribution in [2.24, 2.45) is 0 Å². The lowest BCUT2D eigenvalue weighted by molar-refractivity contribution is 0.0512. The molecule has 0 spiro atoms. The van der Waals surface area contributed by atoms with Crippen LogP contribution in [0.25, 0.3) is 11.4 Å². The summed E-state index contributed by atoms with van der Waals surface area (Å²) in [5, 5.41) is 7.07. The van der Waals surface area contributed by atoms with Crippen LogP contribution in [0.4, 0.5) is 0 Å². The van der Waals surface area contributed by atoms with E-state index in [-0.39, 0.29) is 12.4 Å². The van der Waals surface area contributed by atoms with Crippen LogP contribution in [-0.2, 0) is 4.74 Å². The fourth-order valence-corrected chi connectivity index (χ4v) is 1.94. The van der Waals surface area contributed by atoms with E-state index >= 15 is 0 Å². The van der Waals surface area contributed by atoms with Gasteiger partial charge in [-0.1, -0.05) is 27.5 Å². The Morgan fingerprint density at radius 1 is 1.56 bits per heavy atom. The van der Waals surface area contributed by atoms with Gasteiger partial charge >= 0.3 is 5.97 Å². The first-order valence-electron chi connectivity index (χ1n) is 5.16. The van der Waals surface area contributed by atoms with E-state index in [1.807, 2.05) is 0 Å². The molecule has 1 aromatic heterocycles. The maximum absolute atomic E-state index is 11.4. The number of nitrogens with one attached hydrogen (secondary N) is 1. The molecular formula is C11H9BrClN3O2. The van der Waals surface area contributed by atoms with Crippen molar-refractivity contribution in [3.05, 3.63) is 33.5 Å². The van der Waals surface area contributed by atoms with Crippen molar-refractivity contribution >= 4 is 33.5 Å². The number of hydrogen-bond acceptors (Lipinski definition) is 4. The molecule has 0 aliphatic rings. The largest absolute Gasteiger partial charge is 0.460 e. The predicted octanol–water partition coefficient (Wildman–Crippen LogP) is 3.06. The smallest absolute Gasteiger partial charge is 0.375 e. The Balaban J connectivity index is 2.35. The Labute approximate surface area is 117 Å². The van der Waals surface area contributed by atoms with Crippen molar-refractivity contribution < 1.29 is 9.53 Å². The van der Waals surface area contributed by atoms with Gasteiger partial charge in [-0.15, -0.1) is 0 Å². The van der Waals surface area contributed by atoms with Crippen LogP contribution in [0, 0.1) is 0 Å². The van der Waals surface area contributed by atoms with Gasteiger partial charge in [0.25, 0.3) is 0 Å². The fourth-order valence-electron chi connectivity index (χ4n) is 1.34. The SMILES string of the molecule is CCOC(=O)c1nc(-c2cc(Cl)ccc2Br)n[nH]1. The molecule has 5 nitrogen and oxygen atoms in total. The minimum atomic E-state index is -0.533. The lowest BCUT2D eigenvalue weighted by Gasteiger charge is -1.99. The number of aromatic amines is 1. The molecule has 0 saturated heterocycles. The molecule has 0 atom stereocenters. The molecule has 0 saturated carbocycles. The molecule has 0 fully saturated rings. The zero-order chi connectivity index (χ0) is 13.1. The van der Waals surface area contributed by atoms with Crippen LogP contribution >= 0.6 is 27.5 Å². The molecule has 1 N–H and O–H groups in total. The number of esters is 1. The summed E-state index contributed by atoms with van der Waals surface area (Å²) in [7, 11) is 0. The highest BCUT2D eigenvalue weighted by molar-refractivity contribution is 9.10. The number of rotatable bonds is 3. The number of nitrogens with zero attached hydrogens (tertiary/aromatic N) is 2. The summed E-state index contributed by atoms with van der Waals surface area (Å²) >= 11 is 9.28. The minimum absolute atomic E-state index is 0.0683. The van der Waals surface area contributed by atoms with Gasteiger partial charge in [-0.2, -0.15) is 5.10 Å². The maximum atomic E-state index is 11.4. The lowest BCUT2D eigenvalue weighted by atomic mass is 10.2. The maximum Gasteiger partial charge on any atom is 0.375 e. The average molecular weight is 331 g/mol. The molecule has 2 aromatic rings. The fraction of sp³-hybridized carbons (Fsp3) is 0.182. The van der Waals surface area contributed by atoms with Crippen LogP contribution in [0.2, 0.25) is 5.02 Å². The van der Waals surface area contributed by atoms with Crippen molar-refractivity contribution in [2.75, 3.05) is 6.61 Å². The number of benzene rings is 1. The van der Waals surface area contributed by atoms with Crippen molar-refractivity contribution in [1.29, 1.82) is 0 Å². The minimum Gasteiger partial charge on any atom is -0.460 e. The van der Waals surface area contributed by atoms with Crippen LogP contribution < -0.4 is 0 Å². The van der Waals surface area contributed by atoms with E-state index in [4.69, 9.17) is 16.3 Å². The number of halogens is 2. The van der Waals surface area contributed by atoms with Gasteiger partial charge in [-0.25, -0.2) is 9.78 Å². The zero-order valence-electron chi connectivity index (χ0n) is 9.41. The molecule has 18 heavy (non-hydrogen) atoms. The van der Waals surface area contributed by atoms with E-state index < -0.39 is 5.97 Å². The molecule has 0 bridgehead atoms. The first-order chi connectivity index (χ1) is 8.61. The quantitative estimate of drug-likeness (QED) is 0.878. The van der Waals surface area contributed by atoms with Crippen molar-refractivity contribution in [2.45, 2.75) is 6.92 Å². The lowest BCUT2D eigenvalue weighted by Crippen LogP contribution is -2.06. The summed E-state index contributed by atoms with van der Waals surface area (Å²) in [6, 6.07) is 5.25. The zero-order valence-corrected chi connectivity index (χ0v) is 11.7. The Morgan fingerprint density at radius 2 is 2.33 bits per heavy atom. The van der Waals surface area contributed by atoms with E-state index in [0.717, 1.165) is 4.47 Å². The third kappa shape index (κ3) is 2.70. The summed E-state index contributed by atoms with van der Waals surface area (Å²) in [5.74, 6) is -0.0828. The summed E-state index contributed by atoms with van der Waals surface area (Å²) in [5.41, 5.74) is 0.703. The van der Waals surface area contributed by atoms with Gasteiger partial charge in [0.15, 0.2) is 5.82 Å². The highest BCUT2D eigenvalue weighted by atomic mass is 79.9. The topological polar surface area (TPSA) is 67.9 Å². The van der Waals surface area contributed by atoms with E-state index in [1.165, 1.54) is 0 Å². The average Bonchev–Trinajstić information content (AvgIpc) is 2.82. The van der Waals surface area contributed by atoms with Crippen molar-refractivity contribution in [3.8, 4) is 11.4 Å². The third-order valence-corrected chi connectivity index (χ3v) is 3.05. The molecule has 0 aliphatic carbocycles. The highest BCUT2D eigenvalue weighted by Crippen LogP contribution is 2.28. The van der Waals surface area contributed by atoms with E-state index in [1.54, 1.807) is 25.1 Å². The van der Waals surface area contributed by atoms with Crippen molar-refractivity contribution in [1.82, 2.24) is 15.2 Å². The second-order valence-electron chi connectivity index (χ2n) is 3.35. The Morgan fingerprint density at radius 3 is 3.06 bits per heavy atom. The number of ether oxygens (including phenoxy) is 1. The number of hydrogen-bond donors (Lipinski definition) is 1. The molecule has 0 aliphatic heterocycles. The molecule has 94 valence electrons. The Hall–Kier alpha value is -1.40. The summed E-state index contributed by atoms with van der Waals surface area (Å²) in [6.45, 7) is 2.01. The first kappa shape index (κ1) is 13.0. The van der Waals surface area contributed by atoms with Crippen molar-refractivity contribution in [3.63, 3.8) is 0 Å². The monoisotopic (exact) mass is 329 g/mol. The molecule has 1 aromatic carbocycles. The van der Waals surface area contributed by atoms with Gasteiger partial charge in [0, 0.05) is 15.1 Å². The van der Waals surface area contributed by atoms with Gasteiger partial charge in [-0.05, 0) is 25.1 Å². The van der Waals surface area contributed by atoms with Gasteiger partial charge in [0.1, 0.15) is 0 Å². The van der Waals surface area contributed by atoms with Crippen LogP contribution in [0.5, 0.6) is 0 Å². The summed E-state index contributed by atoms with van der Waals surface area (Å²) in [4.78, 5) is 15.5. The van der Waals surface area contributed by atoms with E-state index in [0.29, 0.717) is 16.4 Å². The molecular weight excluding hydrogens is 321 g/mol. The molecule has 0 unspecified atom stereocenters. The standard InChI is InChI=1S/C11H9BrClN3O2/c1-2-18-11(17)10-14-9(15-16-10)7-5-6(13)3-4-8(7)12/h3-5H,2H2,1H3,(H,14,15,16). The summed E-state index contributed by atoms with van der Waals surface area (Å²) in [6.07, 6.45) is 0. The highest BCUT2D eigenvalue weighted by Gasteiger charge is 2.15. The number of H-pyrrole nitrogens is 1. The first-order valence-corrected chi connectivity index (χ1v) is 6.34. The molecule has 0 radical (unpaired) electrons. The van der Waals surface area contributed by atoms with Crippen LogP contribution in [-0.4, -0.2) is 27.8 Å². The summed E-state index contributed by atoms with van der Waals surface area (Å²) < 4.78 is 5.61. The van der Waals surface area contributed by atoms with Gasteiger partial charge in [0.2, 0.25) is 5.82 Å². The normalized spacial score (nSPS) is 10.4. The number of carbonyl (C=O) groups excluding carboxylic acids is 1. The van der Waals surface area contributed by atoms with Crippen LogP contribution in [0.1, 0.15) is 17.5 Å².